The molecule has 0 aliphatic carbocycles. The second kappa shape index (κ2) is 8.30. The van der Waals surface area contributed by atoms with Crippen molar-refractivity contribution < 1.29 is 9.53 Å². The topological polar surface area (TPSA) is 39.3 Å². The number of benzene rings is 1. The van der Waals surface area contributed by atoms with Crippen LogP contribution in [0.3, 0.4) is 0 Å². The molecule has 4 heterocycles. The number of carbonyl (C=O) groups is 1. The summed E-state index contributed by atoms with van der Waals surface area (Å²) in [6.45, 7) is 14.0. The van der Waals surface area contributed by atoms with E-state index in [0.717, 1.165) is 26.2 Å². The number of hydrogen-bond donors (Lipinski definition) is 0. The number of likely N-dealkylation sites (tertiary alicyclic amines) is 1. The van der Waals surface area contributed by atoms with E-state index in [9.17, 15) is 4.79 Å². The first-order valence-corrected chi connectivity index (χ1v) is 12.5. The maximum absolute atomic E-state index is 13.6. The Morgan fingerprint density at radius 2 is 1.66 bits per heavy atom. The van der Waals surface area contributed by atoms with Crippen molar-refractivity contribution in [3.63, 3.8) is 0 Å². The van der Waals surface area contributed by atoms with E-state index in [-0.39, 0.29) is 23.4 Å². The molecule has 0 N–H and O–H groups in total. The average molecular weight is 441 g/mol. The van der Waals surface area contributed by atoms with Crippen LogP contribution in [0.5, 0.6) is 0 Å². The molecule has 6 nitrogen and oxygen atoms in total. The van der Waals surface area contributed by atoms with Crippen LogP contribution in [0, 0.1) is 5.41 Å². The first kappa shape index (κ1) is 22.2. The van der Waals surface area contributed by atoms with Gasteiger partial charge in [-0.15, -0.1) is 0 Å². The Kier molecular flexibility index (Phi) is 5.75. The molecule has 176 valence electrons. The molecule has 0 aromatic heterocycles. The number of rotatable bonds is 4. The number of anilines is 1. The lowest BCUT2D eigenvalue weighted by atomic mass is 9.84. The molecule has 4 aliphatic rings. The highest BCUT2D eigenvalue weighted by atomic mass is 16.5. The van der Waals surface area contributed by atoms with E-state index < -0.39 is 0 Å². The van der Waals surface area contributed by atoms with Crippen molar-refractivity contribution in [3.8, 4) is 0 Å². The molecule has 0 spiro atoms. The number of amides is 1. The minimum Gasteiger partial charge on any atom is -0.379 e. The van der Waals surface area contributed by atoms with Crippen molar-refractivity contribution >= 4 is 11.6 Å². The van der Waals surface area contributed by atoms with Crippen LogP contribution in [0.4, 0.5) is 5.69 Å². The first-order chi connectivity index (χ1) is 15.3. The molecule has 1 aromatic rings. The molecule has 0 saturated carbocycles. The van der Waals surface area contributed by atoms with Crippen molar-refractivity contribution in [3.05, 3.63) is 29.8 Å². The molecular formula is C26H40N4O2. The normalized spacial score (nSPS) is 32.9. The quantitative estimate of drug-likeness (QED) is 0.720. The molecule has 2 bridgehead atoms. The SMILES string of the molecule is CC(C)N1CC(C)N(C(=O)C2(C)COC2)C(c2ccc(N3C4CCC3CN(C)C4)cc2)C1. The van der Waals surface area contributed by atoms with E-state index in [0.29, 0.717) is 31.3 Å². The highest BCUT2D eigenvalue weighted by Gasteiger charge is 2.48. The van der Waals surface area contributed by atoms with Crippen molar-refractivity contribution in [1.82, 2.24) is 14.7 Å². The summed E-state index contributed by atoms with van der Waals surface area (Å²) < 4.78 is 5.43. The predicted molar refractivity (Wildman–Crippen MR) is 128 cm³/mol. The van der Waals surface area contributed by atoms with E-state index >= 15 is 0 Å². The van der Waals surface area contributed by atoms with Crippen LogP contribution in [-0.4, -0.2) is 91.2 Å². The van der Waals surface area contributed by atoms with Crippen LogP contribution in [0.2, 0.25) is 0 Å². The van der Waals surface area contributed by atoms with Gasteiger partial charge >= 0.3 is 0 Å². The molecule has 4 atom stereocenters. The fourth-order valence-electron chi connectivity index (χ4n) is 6.40. The standard InChI is InChI=1S/C26H40N4O2/c1-18(2)28-12-19(3)29(25(31)26(4)16-32-17-26)24(15-28)20-6-8-21(9-7-20)30-22-10-11-23(30)14-27(5)13-22/h6-9,18-19,22-24H,10-17H2,1-5H3. The smallest absolute Gasteiger partial charge is 0.234 e. The summed E-state index contributed by atoms with van der Waals surface area (Å²) >= 11 is 0. The second-order valence-electron chi connectivity index (χ2n) is 11.3. The van der Waals surface area contributed by atoms with Crippen LogP contribution < -0.4 is 4.90 Å². The minimum absolute atomic E-state index is 0.0873. The fourth-order valence-corrected chi connectivity index (χ4v) is 6.40. The van der Waals surface area contributed by atoms with Gasteiger partial charge in [-0.05, 0) is 65.3 Å². The molecule has 0 radical (unpaired) electrons. The molecule has 6 heteroatoms. The number of nitrogens with zero attached hydrogens (tertiary/aromatic N) is 4. The zero-order valence-corrected chi connectivity index (χ0v) is 20.5. The Hall–Kier alpha value is -1.63. The van der Waals surface area contributed by atoms with Crippen LogP contribution in [0.1, 0.15) is 52.1 Å². The van der Waals surface area contributed by atoms with Crippen LogP contribution in [0.15, 0.2) is 24.3 Å². The monoisotopic (exact) mass is 440 g/mol. The number of fused-ring (bicyclic) bond motifs is 2. The van der Waals surface area contributed by atoms with Gasteiger partial charge in [0.25, 0.3) is 0 Å². The zero-order chi connectivity index (χ0) is 22.6. The van der Waals surface area contributed by atoms with Gasteiger partial charge in [0.15, 0.2) is 0 Å². The van der Waals surface area contributed by atoms with Gasteiger partial charge in [-0.25, -0.2) is 0 Å². The van der Waals surface area contributed by atoms with Gasteiger partial charge in [-0.2, -0.15) is 0 Å². The molecule has 5 rings (SSSR count). The molecule has 4 fully saturated rings. The Labute approximate surface area is 193 Å². The highest BCUT2D eigenvalue weighted by Crippen LogP contribution is 2.39. The number of piperazine rings is 2. The van der Waals surface area contributed by atoms with Crippen molar-refractivity contribution in [2.24, 2.45) is 5.41 Å². The molecular weight excluding hydrogens is 400 g/mol. The summed E-state index contributed by atoms with van der Waals surface area (Å²) in [6, 6.07) is 11.2. The van der Waals surface area contributed by atoms with Gasteiger partial charge in [-0.3, -0.25) is 9.69 Å². The van der Waals surface area contributed by atoms with Crippen LogP contribution in [0.25, 0.3) is 0 Å². The molecule has 4 aliphatic heterocycles. The maximum atomic E-state index is 13.6. The van der Waals surface area contributed by atoms with Crippen molar-refractivity contribution in [2.75, 3.05) is 51.3 Å². The Morgan fingerprint density at radius 3 is 2.19 bits per heavy atom. The first-order valence-electron chi connectivity index (χ1n) is 12.5. The lowest BCUT2D eigenvalue weighted by Crippen LogP contribution is -2.62. The fraction of sp³-hybridized carbons (Fsp3) is 0.731. The predicted octanol–water partition coefficient (Wildman–Crippen LogP) is 2.99. The average Bonchev–Trinajstić information content (AvgIpc) is 3.02. The molecule has 1 amide bonds. The number of hydrogen-bond acceptors (Lipinski definition) is 5. The van der Waals surface area contributed by atoms with E-state index in [2.05, 4.69) is 78.6 Å². The lowest BCUT2D eigenvalue weighted by molar-refractivity contribution is -0.177. The summed E-state index contributed by atoms with van der Waals surface area (Å²) in [5.41, 5.74) is 2.23. The lowest BCUT2D eigenvalue weighted by Gasteiger charge is -2.51. The Balaban J connectivity index is 1.41. The van der Waals surface area contributed by atoms with E-state index in [1.807, 2.05) is 0 Å². The summed E-state index contributed by atoms with van der Waals surface area (Å²) in [5.74, 6) is 0.255. The maximum Gasteiger partial charge on any atom is 0.234 e. The van der Waals surface area contributed by atoms with Gasteiger partial charge < -0.3 is 19.4 Å². The van der Waals surface area contributed by atoms with Gasteiger partial charge in [0.05, 0.1) is 24.7 Å². The summed E-state index contributed by atoms with van der Waals surface area (Å²) in [4.78, 5) is 23.5. The van der Waals surface area contributed by atoms with Crippen molar-refractivity contribution in [2.45, 2.75) is 70.7 Å². The zero-order valence-electron chi connectivity index (χ0n) is 20.5. The number of likely N-dealkylation sites (N-methyl/N-ethyl adjacent to an activating group) is 1. The number of carbonyl (C=O) groups excluding carboxylic acids is 1. The second-order valence-corrected chi connectivity index (χ2v) is 11.3. The highest BCUT2D eigenvalue weighted by molar-refractivity contribution is 5.84. The van der Waals surface area contributed by atoms with Crippen LogP contribution >= 0.6 is 0 Å². The van der Waals surface area contributed by atoms with E-state index in [4.69, 9.17) is 4.74 Å². The minimum atomic E-state index is -0.370. The van der Waals surface area contributed by atoms with Gasteiger partial charge in [0.2, 0.25) is 5.91 Å². The third-order valence-electron chi connectivity index (χ3n) is 8.28. The Morgan fingerprint density at radius 1 is 1.03 bits per heavy atom. The van der Waals surface area contributed by atoms with E-state index in [1.54, 1.807) is 0 Å². The largest absolute Gasteiger partial charge is 0.379 e. The van der Waals surface area contributed by atoms with E-state index in [1.165, 1.54) is 24.1 Å². The summed E-state index contributed by atoms with van der Waals surface area (Å²) in [6.07, 6.45) is 2.59. The Bertz CT molecular complexity index is 823. The van der Waals surface area contributed by atoms with Crippen molar-refractivity contribution in [1.29, 1.82) is 0 Å². The molecule has 4 saturated heterocycles. The van der Waals surface area contributed by atoms with Gasteiger partial charge in [0, 0.05) is 56.0 Å². The number of ether oxygens (including phenoxy) is 1. The van der Waals surface area contributed by atoms with Crippen LogP contribution in [-0.2, 0) is 9.53 Å². The molecule has 32 heavy (non-hydrogen) atoms. The van der Waals surface area contributed by atoms with Gasteiger partial charge in [0.1, 0.15) is 0 Å². The summed E-state index contributed by atoms with van der Waals surface area (Å²) in [7, 11) is 2.25. The molecule has 4 unspecified atom stereocenters. The third kappa shape index (κ3) is 3.74. The summed E-state index contributed by atoms with van der Waals surface area (Å²) in [5, 5.41) is 0. The van der Waals surface area contributed by atoms with Gasteiger partial charge in [-0.1, -0.05) is 12.1 Å². The molecule has 1 aromatic carbocycles. The third-order valence-corrected chi connectivity index (χ3v) is 8.28.